The van der Waals surface area contributed by atoms with Gasteiger partial charge in [0.2, 0.25) is 0 Å². The molecule has 0 radical (unpaired) electrons. The van der Waals surface area contributed by atoms with Crippen LogP contribution in [0.3, 0.4) is 0 Å². The lowest BCUT2D eigenvalue weighted by Gasteiger charge is -2.29. The Morgan fingerprint density at radius 1 is 1.11 bits per heavy atom. The fraction of sp³-hybridized carbons (Fsp3) is 0.647. The highest BCUT2D eigenvalue weighted by Gasteiger charge is 2.17. The van der Waals surface area contributed by atoms with Gasteiger partial charge in [0, 0.05) is 24.8 Å². The summed E-state index contributed by atoms with van der Waals surface area (Å²) in [6.07, 6.45) is 9.27. The number of anilines is 1. The second kappa shape index (κ2) is 6.95. The maximum absolute atomic E-state index is 6.07. The van der Waals surface area contributed by atoms with Crippen molar-refractivity contribution in [3.05, 3.63) is 29.8 Å². The maximum Gasteiger partial charge on any atom is 0.0366 e. The van der Waals surface area contributed by atoms with E-state index in [2.05, 4.69) is 43.1 Å². The van der Waals surface area contributed by atoms with Crippen molar-refractivity contribution in [3.8, 4) is 0 Å². The summed E-state index contributed by atoms with van der Waals surface area (Å²) in [6, 6.07) is 9.74. The molecule has 1 aliphatic rings. The average molecular weight is 260 g/mol. The first-order valence-electron chi connectivity index (χ1n) is 7.80. The van der Waals surface area contributed by atoms with Crippen LogP contribution in [0.5, 0.6) is 0 Å². The number of hydrogen-bond acceptors (Lipinski definition) is 2. The van der Waals surface area contributed by atoms with Crippen LogP contribution < -0.4 is 10.6 Å². The summed E-state index contributed by atoms with van der Waals surface area (Å²) in [4.78, 5) is 2.46. The lowest BCUT2D eigenvalue weighted by Crippen LogP contribution is -2.31. The molecule has 0 amide bonds. The van der Waals surface area contributed by atoms with E-state index in [4.69, 9.17) is 5.73 Å². The molecule has 1 unspecified atom stereocenters. The molecular weight excluding hydrogens is 232 g/mol. The molecule has 1 saturated carbocycles. The summed E-state index contributed by atoms with van der Waals surface area (Å²) in [6.45, 7) is 2.14. The Labute approximate surface area is 118 Å². The SMILES string of the molecule is CCC(N)c1ccc(N(C)C2CCCCCC2)cc1. The summed E-state index contributed by atoms with van der Waals surface area (Å²) in [5.41, 5.74) is 8.65. The molecule has 2 rings (SSSR count). The molecular formula is C17H28N2. The van der Waals surface area contributed by atoms with Gasteiger partial charge in [0.15, 0.2) is 0 Å². The minimum Gasteiger partial charge on any atom is -0.372 e. The topological polar surface area (TPSA) is 29.3 Å². The number of benzene rings is 1. The molecule has 1 aliphatic carbocycles. The van der Waals surface area contributed by atoms with Crippen molar-refractivity contribution >= 4 is 5.69 Å². The highest BCUT2D eigenvalue weighted by molar-refractivity contribution is 5.48. The van der Waals surface area contributed by atoms with E-state index < -0.39 is 0 Å². The smallest absolute Gasteiger partial charge is 0.0366 e. The summed E-state index contributed by atoms with van der Waals surface area (Å²) in [7, 11) is 2.24. The van der Waals surface area contributed by atoms with Gasteiger partial charge >= 0.3 is 0 Å². The van der Waals surface area contributed by atoms with Gasteiger partial charge in [-0.25, -0.2) is 0 Å². The zero-order valence-corrected chi connectivity index (χ0v) is 12.4. The Morgan fingerprint density at radius 3 is 2.21 bits per heavy atom. The second-order valence-corrected chi connectivity index (χ2v) is 5.86. The second-order valence-electron chi connectivity index (χ2n) is 5.86. The summed E-state index contributed by atoms with van der Waals surface area (Å²) >= 11 is 0. The Morgan fingerprint density at radius 2 is 1.68 bits per heavy atom. The Balaban J connectivity index is 2.03. The van der Waals surface area contributed by atoms with Gasteiger partial charge < -0.3 is 10.6 Å². The molecule has 0 aromatic heterocycles. The Bertz CT molecular complexity index is 363. The van der Waals surface area contributed by atoms with Gasteiger partial charge in [-0.15, -0.1) is 0 Å². The van der Waals surface area contributed by atoms with E-state index >= 15 is 0 Å². The van der Waals surface area contributed by atoms with Crippen LogP contribution in [0.1, 0.15) is 63.5 Å². The quantitative estimate of drug-likeness (QED) is 0.820. The minimum atomic E-state index is 0.178. The molecule has 2 N–H and O–H groups in total. The number of nitrogens with two attached hydrogens (primary N) is 1. The molecule has 2 heteroatoms. The van der Waals surface area contributed by atoms with E-state index in [0.29, 0.717) is 6.04 Å². The van der Waals surface area contributed by atoms with Crippen LogP contribution in [-0.2, 0) is 0 Å². The zero-order chi connectivity index (χ0) is 13.7. The van der Waals surface area contributed by atoms with Crippen molar-refractivity contribution in [1.29, 1.82) is 0 Å². The number of nitrogens with zero attached hydrogens (tertiary/aromatic N) is 1. The third-order valence-corrected chi connectivity index (χ3v) is 4.54. The maximum atomic E-state index is 6.07. The van der Waals surface area contributed by atoms with Crippen LogP contribution in [0, 0.1) is 0 Å². The van der Waals surface area contributed by atoms with Crippen LogP contribution in [0.4, 0.5) is 5.69 Å². The first kappa shape index (κ1) is 14.4. The third kappa shape index (κ3) is 3.73. The summed E-state index contributed by atoms with van der Waals surface area (Å²) < 4.78 is 0. The van der Waals surface area contributed by atoms with E-state index in [1.54, 1.807) is 0 Å². The normalized spacial score (nSPS) is 18.9. The van der Waals surface area contributed by atoms with Gasteiger partial charge in [-0.2, -0.15) is 0 Å². The van der Waals surface area contributed by atoms with E-state index in [1.165, 1.54) is 49.8 Å². The summed E-state index contributed by atoms with van der Waals surface area (Å²) in [5, 5.41) is 0. The van der Waals surface area contributed by atoms with Crippen molar-refractivity contribution in [2.24, 2.45) is 5.73 Å². The van der Waals surface area contributed by atoms with Crippen molar-refractivity contribution in [2.75, 3.05) is 11.9 Å². The minimum absolute atomic E-state index is 0.178. The van der Waals surface area contributed by atoms with Gasteiger partial charge in [0.25, 0.3) is 0 Å². The molecule has 1 fully saturated rings. The van der Waals surface area contributed by atoms with Gasteiger partial charge in [0.1, 0.15) is 0 Å². The zero-order valence-electron chi connectivity index (χ0n) is 12.4. The standard InChI is InChI=1S/C17H28N2/c1-3-17(18)14-10-12-16(13-11-14)19(2)15-8-6-4-5-7-9-15/h10-13,15,17H,3-9,18H2,1-2H3. The van der Waals surface area contributed by atoms with Crippen LogP contribution in [0.15, 0.2) is 24.3 Å². The predicted octanol–water partition coefficient (Wildman–Crippen LogP) is 4.26. The van der Waals surface area contributed by atoms with Crippen LogP contribution in [0.2, 0.25) is 0 Å². The summed E-state index contributed by atoms with van der Waals surface area (Å²) in [5.74, 6) is 0. The van der Waals surface area contributed by atoms with Crippen molar-refractivity contribution in [3.63, 3.8) is 0 Å². The highest BCUT2D eigenvalue weighted by Crippen LogP contribution is 2.26. The monoisotopic (exact) mass is 260 g/mol. The van der Waals surface area contributed by atoms with Crippen molar-refractivity contribution < 1.29 is 0 Å². The van der Waals surface area contributed by atoms with E-state index in [-0.39, 0.29) is 6.04 Å². The fourth-order valence-electron chi connectivity index (χ4n) is 3.05. The van der Waals surface area contributed by atoms with Gasteiger partial charge in [-0.05, 0) is 37.0 Å². The van der Waals surface area contributed by atoms with Gasteiger partial charge in [-0.1, -0.05) is 44.7 Å². The van der Waals surface area contributed by atoms with Gasteiger partial charge in [-0.3, -0.25) is 0 Å². The number of hydrogen-bond donors (Lipinski definition) is 1. The average Bonchev–Trinajstić information content (AvgIpc) is 2.75. The first-order chi connectivity index (χ1) is 9.22. The molecule has 1 aromatic carbocycles. The largest absolute Gasteiger partial charge is 0.372 e. The van der Waals surface area contributed by atoms with Crippen molar-refractivity contribution in [1.82, 2.24) is 0 Å². The first-order valence-corrected chi connectivity index (χ1v) is 7.80. The van der Waals surface area contributed by atoms with Crippen LogP contribution in [0.25, 0.3) is 0 Å². The Kier molecular flexibility index (Phi) is 5.26. The molecule has 1 atom stereocenters. The molecule has 0 heterocycles. The van der Waals surface area contributed by atoms with Crippen LogP contribution in [-0.4, -0.2) is 13.1 Å². The molecule has 106 valence electrons. The highest BCUT2D eigenvalue weighted by atomic mass is 15.1. The van der Waals surface area contributed by atoms with E-state index in [1.807, 2.05) is 0 Å². The predicted molar refractivity (Wildman–Crippen MR) is 83.6 cm³/mol. The fourth-order valence-corrected chi connectivity index (χ4v) is 3.05. The molecule has 0 bridgehead atoms. The van der Waals surface area contributed by atoms with Crippen molar-refractivity contribution in [2.45, 2.75) is 64.0 Å². The lowest BCUT2D eigenvalue weighted by atomic mass is 10.0. The number of rotatable bonds is 4. The molecule has 0 aliphatic heterocycles. The lowest BCUT2D eigenvalue weighted by molar-refractivity contribution is 0.553. The Hall–Kier alpha value is -1.02. The molecule has 0 saturated heterocycles. The van der Waals surface area contributed by atoms with Crippen LogP contribution >= 0.6 is 0 Å². The van der Waals surface area contributed by atoms with E-state index in [0.717, 1.165) is 6.42 Å². The molecule has 1 aromatic rings. The molecule has 0 spiro atoms. The molecule has 2 nitrogen and oxygen atoms in total. The third-order valence-electron chi connectivity index (χ3n) is 4.54. The molecule has 19 heavy (non-hydrogen) atoms. The van der Waals surface area contributed by atoms with Gasteiger partial charge in [0.05, 0.1) is 0 Å². The van der Waals surface area contributed by atoms with E-state index in [9.17, 15) is 0 Å².